The highest BCUT2D eigenvalue weighted by atomic mass is 35.5. The third-order valence-electron chi connectivity index (χ3n) is 3.53. The minimum Gasteiger partial charge on any atom is -0.348 e. The summed E-state index contributed by atoms with van der Waals surface area (Å²) in [7, 11) is 0. The van der Waals surface area contributed by atoms with Crippen LogP contribution in [-0.4, -0.2) is 21.9 Å². The molecule has 1 saturated carbocycles. The van der Waals surface area contributed by atoms with Crippen LogP contribution in [0.5, 0.6) is 0 Å². The van der Waals surface area contributed by atoms with Crippen LogP contribution in [0, 0.1) is 6.92 Å². The number of benzene rings is 1. The number of anilines is 2. The smallest absolute Gasteiger partial charge is 0.348 e. The van der Waals surface area contributed by atoms with E-state index in [1.807, 2.05) is 0 Å². The first-order valence-corrected chi connectivity index (χ1v) is 7.90. The predicted molar refractivity (Wildman–Crippen MR) is 87.0 cm³/mol. The van der Waals surface area contributed by atoms with Gasteiger partial charge in [-0.3, -0.25) is 4.79 Å². The number of alkyl halides is 3. The number of aryl methyl sites for hydroxylation is 1. The molecule has 3 rings (SSSR count). The topological polar surface area (TPSA) is 66.9 Å². The molecule has 132 valence electrons. The van der Waals surface area contributed by atoms with Crippen molar-refractivity contribution >= 4 is 29.1 Å². The van der Waals surface area contributed by atoms with Gasteiger partial charge in [-0.2, -0.15) is 13.2 Å². The van der Waals surface area contributed by atoms with E-state index in [9.17, 15) is 18.0 Å². The molecule has 2 aromatic rings. The Morgan fingerprint density at radius 3 is 2.60 bits per heavy atom. The van der Waals surface area contributed by atoms with Crippen molar-refractivity contribution in [3.8, 4) is 0 Å². The minimum absolute atomic E-state index is 0.0383. The van der Waals surface area contributed by atoms with Crippen molar-refractivity contribution in [2.75, 3.05) is 5.32 Å². The molecule has 0 spiro atoms. The molecule has 1 aromatic carbocycles. The maximum absolute atomic E-state index is 12.9. The Hall–Kier alpha value is -2.35. The molecule has 5 nitrogen and oxygen atoms in total. The molecule has 1 heterocycles. The van der Waals surface area contributed by atoms with Gasteiger partial charge in [-0.05, 0) is 44.0 Å². The van der Waals surface area contributed by atoms with Gasteiger partial charge in [-0.1, -0.05) is 11.6 Å². The molecule has 1 amide bonds. The summed E-state index contributed by atoms with van der Waals surface area (Å²) in [5, 5.41) is 5.09. The van der Waals surface area contributed by atoms with Gasteiger partial charge >= 0.3 is 6.18 Å². The molecule has 2 N–H and O–H groups in total. The third kappa shape index (κ3) is 4.39. The van der Waals surface area contributed by atoms with Crippen molar-refractivity contribution in [3.05, 3.63) is 46.2 Å². The second kappa shape index (κ2) is 6.51. The fourth-order valence-corrected chi connectivity index (χ4v) is 2.40. The van der Waals surface area contributed by atoms with Gasteiger partial charge in [-0.25, -0.2) is 9.97 Å². The van der Waals surface area contributed by atoms with E-state index in [1.165, 1.54) is 12.1 Å². The van der Waals surface area contributed by atoms with Crippen molar-refractivity contribution < 1.29 is 18.0 Å². The van der Waals surface area contributed by atoms with E-state index >= 15 is 0 Å². The molecule has 0 saturated heterocycles. The van der Waals surface area contributed by atoms with Crippen molar-refractivity contribution in [1.82, 2.24) is 15.3 Å². The molecule has 1 aromatic heterocycles. The van der Waals surface area contributed by atoms with Crippen LogP contribution in [0.15, 0.2) is 24.3 Å². The van der Waals surface area contributed by atoms with Crippen LogP contribution in [0.1, 0.15) is 34.6 Å². The molecular formula is C16H14ClF3N4O. The van der Waals surface area contributed by atoms with E-state index in [1.54, 1.807) is 6.92 Å². The zero-order valence-electron chi connectivity index (χ0n) is 13.1. The molecule has 1 aliphatic rings. The zero-order valence-corrected chi connectivity index (χ0v) is 13.9. The number of nitrogens with one attached hydrogen (secondary N) is 2. The van der Waals surface area contributed by atoms with Crippen molar-refractivity contribution in [2.45, 2.75) is 32.0 Å². The number of halogens is 4. The lowest BCUT2D eigenvalue weighted by molar-refractivity contribution is -0.137. The van der Waals surface area contributed by atoms with Gasteiger partial charge < -0.3 is 10.6 Å². The molecule has 9 heteroatoms. The molecule has 0 unspecified atom stereocenters. The van der Waals surface area contributed by atoms with Crippen LogP contribution < -0.4 is 10.6 Å². The van der Waals surface area contributed by atoms with E-state index in [-0.39, 0.29) is 29.3 Å². The molecular weight excluding hydrogens is 357 g/mol. The molecule has 0 bridgehead atoms. The Balaban J connectivity index is 1.85. The summed E-state index contributed by atoms with van der Waals surface area (Å²) in [4.78, 5) is 20.3. The van der Waals surface area contributed by atoms with Crippen molar-refractivity contribution in [3.63, 3.8) is 0 Å². The molecule has 0 aliphatic heterocycles. The van der Waals surface area contributed by atoms with E-state index in [4.69, 9.17) is 11.6 Å². The number of amides is 1. The van der Waals surface area contributed by atoms with Crippen molar-refractivity contribution in [1.29, 1.82) is 0 Å². The predicted octanol–water partition coefficient (Wildman–Crippen LogP) is 4.09. The number of hydrogen-bond donors (Lipinski definition) is 2. The Bertz CT molecular complexity index is 822. The lowest BCUT2D eigenvalue weighted by atomic mass is 10.2. The monoisotopic (exact) mass is 370 g/mol. The summed E-state index contributed by atoms with van der Waals surface area (Å²) < 4.78 is 38.8. The van der Waals surface area contributed by atoms with Crippen molar-refractivity contribution in [2.24, 2.45) is 0 Å². The highest BCUT2D eigenvalue weighted by Crippen LogP contribution is 2.36. The molecule has 25 heavy (non-hydrogen) atoms. The van der Waals surface area contributed by atoms with E-state index < -0.39 is 16.8 Å². The van der Waals surface area contributed by atoms with E-state index in [2.05, 4.69) is 20.6 Å². The molecule has 1 fully saturated rings. The highest BCUT2D eigenvalue weighted by molar-refractivity contribution is 6.31. The molecule has 0 radical (unpaired) electrons. The number of rotatable bonds is 4. The maximum Gasteiger partial charge on any atom is 0.417 e. The number of nitrogens with zero attached hydrogens (tertiary/aromatic N) is 2. The van der Waals surface area contributed by atoms with Gasteiger partial charge in [0.1, 0.15) is 5.69 Å². The Labute approximate surface area is 146 Å². The zero-order chi connectivity index (χ0) is 18.2. The average molecular weight is 371 g/mol. The Kier molecular flexibility index (Phi) is 4.55. The van der Waals surface area contributed by atoms with Crippen LogP contribution in [0.4, 0.5) is 24.8 Å². The summed E-state index contributed by atoms with van der Waals surface area (Å²) >= 11 is 5.60. The first-order valence-electron chi connectivity index (χ1n) is 7.53. The average Bonchev–Trinajstić information content (AvgIpc) is 3.31. The van der Waals surface area contributed by atoms with Gasteiger partial charge in [0.05, 0.1) is 10.6 Å². The Morgan fingerprint density at radius 1 is 1.24 bits per heavy atom. The van der Waals surface area contributed by atoms with Crippen LogP contribution in [0.25, 0.3) is 0 Å². The SMILES string of the molecule is Cc1cc(C(=O)NC2CC2)nc(Nc2ccc(Cl)c(C(F)(F)F)c2)n1. The van der Waals surface area contributed by atoms with Gasteiger partial charge in [0, 0.05) is 17.4 Å². The van der Waals surface area contributed by atoms with Gasteiger partial charge in [0.2, 0.25) is 5.95 Å². The summed E-state index contributed by atoms with van der Waals surface area (Å²) in [6, 6.07) is 5.09. The summed E-state index contributed by atoms with van der Waals surface area (Å²) in [6.07, 6.45) is -2.70. The van der Waals surface area contributed by atoms with E-state index in [0.717, 1.165) is 25.0 Å². The second-order valence-electron chi connectivity index (χ2n) is 5.78. The fourth-order valence-electron chi connectivity index (χ4n) is 2.18. The normalized spacial score (nSPS) is 14.3. The van der Waals surface area contributed by atoms with Gasteiger partial charge in [0.25, 0.3) is 5.91 Å². The summed E-state index contributed by atoms with van der Waals surface area (Å²) in [5.41, 5.74) is -0.162. The lowest BCUT2D eigenvalue weighted by Crippen LogP contribution is -2.26. The number of aromatic nitrogens is 2. The first kappa shape index (κ1) is 17.5. The van der Waals surface area contributed by atoms with Gasteiger partial charge in [-0.15, -0.1) is 0 Å². The maximum atomic E-state index is 12.9. The lowest BCUT2D eigenvalue weighted by Gasteiger charge is -2.12. The Morgan fingerprint density at radius 2 is 1.96 bits per heavy atom. The third-order valence-corrected chi connectivity index (χ3v) is 3.86. The second-order valence-corrected chi connectivity index (χ2v) is 6.19. The van der Waals surface area contributed by atoms with E-state index in [0.29, 0.717) is 5.69 Å². The van der Waals surface area contributed by atoms with Gasteiger partial charge in [0.15, 0.2) is 0 Å². The van der Waals surface area contributed by atoms with Crippen LogP contribution >= 0.6 is 11.6 Å². The number of carbonyl (C=O) groups is 1. The van der Waals surface area contributed by atoms with Crippen LogP contribution in [0.3, 0.4) is 0 Å². The number of carbonyl (C=O) groups excluding carboxylic acids is 1. The van der Waals surface area contributed by atoms with Crippen LogP contribution in [-0.2, 0) is 6.18 Å². The highest BCUT2D eigenvalue weighted by Gasteiger charge is 2.33. The fraction of sp³-hybridized carbons (Fsp3) is 0.312. The largest absolute Gasteiger partial charge is 0.417 e. The molecule has 1 aliphatic carbocycles. The first-order chi connectivity index (χ1) is 11.7. The quantitative estimate of drug-likeness (QED) is 0.850. The summed E-state index contributed by atoms with van der Waals surface area (Å²) in [5.74, 6) is -0.292. The standard InChI is InChI=1S/C16H14ClF3N4O/c1-8-6-13(14(25)22-9-2-3-9)24-15(21-8)23-10-4-5-12(17)11(7-10)16(18,19)20/h4-7,9H,2-3H2,1H3,(H,22,25)(H,21,23,24). The molecule has 0 atom stereocenters. The summed E-state index contributed by atoms with van der Waals surface area (Å²) in [6.45, 7) is 1.67. The minimum atomic E-state index is -4.57. The number of hydrogen-bond acceptors (Lipinski definition) is 4. The van der Waals surface area contributed by atoms with Crippen LogP contribution in [0.2, 0.25) is 5.02 Å².